The first-order valence-corrected chi connectivity index (χ1v) is 7.00. The van der Waals surface area contributed by atoms with Gasteiger partial charge in [0.1, 0.15) is 5.75 Å². The molecular formula is C18H18N2O. The predicted octanol–water partition coefficient (Wildman–Crippen LogP) is 4.10. The van der Waals surface area contributed by atoms with E-state index < -0.39 is 0 Å². The molecule has 0 aliphatic rings. The molecule has 3 heteroatoms. The van der Waals surface area contributed by atoms with Crippen LogP contribution < -0.4 is 10.5 Å². The van der Waals surface area contributed by atoms with Gasteiger partial charge in [-0.2, -0.15) is 0 Å². The van der Waals surface area contributed by atoms with Crippen molar-refractivity contribution in [1.29, 1.82) is 0 Å². The molecule has 0 atom stereocenters. The molecule has 0 saturated heterocycles. The Balaban J connectivity index is 2.04. The van der Waals surface area contributed by atoms with Crippen LogP contribution in [0.4, 0.5) is 0 Å². The first-order chi connectivity index (χ1) is 10.2. The lowest BCUT2D eigenvalue weighted by molar-refractivity contribution is 0.463. The summed E-state index contributed by atoms with van der Waals surface area (Å²) in [6, 6.07) is 16.0. The number of nitrogens with zero attached hydrogens (tertiary/aromatic N) is 1. The quantitative estimate of drug-likeness (QED) is 0.784. The van der Waals surface area contributed by atoms with Crippen molar-refractivity contribution in [2.45, 2.75) is 20.4 Å². The molecule has 1 aromatic heterocycles. The van der Waals surface area contributed by atoms with E-state index in [1.165, 1.54) is 11.1 Å². The summed E-state index contributed by atoms with van der Waals surface area (Å²) in [7, 11) is 0. The first kappa shape index (κ1) is 13.6. The number of pyridine rings is 1. The molecule has 0 aliphatic carbocycles. The van der Waals surface area contributed by atoms with Crippen molar-refractivity contribution in [3.63, 3.8) is 0 Å². The zero-order chi connectivity index (χ0) is 14.8. The van der Waals surface area contributed by atoms with Gasteiger partial charge in [-0.05, 0) is 48.7 Å². The molecule has 3 nitrogen and oxygen atoms in total. The first-order valence-electron chi connectivity index (χ1n) is 7.00. The lowest BCUT2D eigenvalue weighted by Gasteiger charge is -2.10. The normalized spacial score (nSPS) is 10.8. The molecule has 0 amide bonds. The van der Waals surface area contributed by atoms with E-state index in [9.17, 15) is 0 Å². The predicted molar refractivity (Wildman–Crippen MR) is 85.6 cm³/mol. The fourth-order valence-electron chi connectivity index (χ4n) is 2.55. The van der Waals surface area contributed by atoms with Gasteiger partial charge in [0.05, 0.1) is 5.52 Å². The van der Waals surface area contributed by atoms with Gasteiger partial charge in [0.25, 0.3) is 0 Å². The average molecular weight is 278 g/mol. The minimum atomic E-state index is 0.465. The lowest BCUT2D eigenvalue weighted by atomic mass is 10.1. The van der Waals surface area contributed by atoms with E-state index >= 15 is 0 Å². The maximum absolute atomic E-state index is 5.92. The van der Waals surface area contributed by atoms with Gasteiger partial charge in [-0.1, -0.05) is 24.3 Å². The third-order valence-corrected chi connectivity index (χ3v) is 3.42. The Morgan fingerprint density at radius 1 is 1.00 bits per heavy atom. The van der Waals surface area contributed by atoms with Crippen molar-refractivity contribution in [2.75, 3.05) is 0 Å². The standard InChI is InChI=1S/C18H18N2O/c1-12-7-13(2)9-15(8-12)21-18-10-14(11-19)16-5-3-4-6-17(16)20-18/h3-10H,11,19H2,1-2H3. The molecule has 0 aliphatic heterocycles. The van der Waals surface area contributed by atoms with Crippen molar-refractivity contribution in [2.24, 2.45) is 5.73 Å². The third kappa shape index (κ3) is 2.88. The molecule has 0 saturated carbocycles. The molecule has 106 valence electrons. The number of nitrogens with two attached hydrogens (primary N) is 1. The molecule has 0 radical (unpaired) electrons. The molecule has 3 aromatic rings. The van der Waals surface area contributed by atoms with Gasteiger partial charge >= 0.3 is 0 Å². The smallest absolute Gasteiger partial charge is 0.220 e. The molecule has 0 bridgehead atoms. The summed E-state index contributed by atoms with van der Waals surface area (Å²) in [6.07, 6.45) is 0. The summed E-state index contributed by atoms with van der Waals surface area (Å²) in [4.78, 5) is 4.56. The second-order valence-corrected chi connectivity index (χ2v) is 5.27. The highest BCUT2D eigenvalue weighted by Crippen LogP contribution is 2.26. The number of hydrogen-bond donors (Lipinski definition) is 1. The maximum Gasteiger partial charge on any atom is 0.220 e. The highest BCUT2D eigenvalue weighted by Gasteiger charge is 2.07. The topological polar surface area (TPSA) is 48.1 Å². The van der Waals surface area contributed by atoms with Crippen molar-refractivity contribution in [1.82, 2.24) is 4.98 Å². The molecule has 0 unspecified atom stereocenters. The monoisotopic (exact) mass is 278 g/mol. The van der Waals surface area contributed by atoms with Gasteiger partial charge in [-0.3, -0.25) is 0 Å². The van der Waals surface area contributed by atoms with Crippen molar-refractivity contribution < 1.29 is 4.74 Å². The number of fused-ring (bicyclic) bond motifs is 1. The molecule has 2 aromatic carbocycles. The van der Waals surface area contributed by atoms with E-state index in [-0.39, 0.29) is 0 Å². The lowest BCUT2D eigenvalue weighted by Crippen LogP contribution is -2.00. The zero-order valence-corrected chi connectivity index (χ0v) is 12.3. The van der Waals surface area contributed by atoms with Crippen LogP contribution in [0.5, 0.6) is 11.6 Å². The molecule has 3 rings (SSSR count). The number of rotatable bonds is 3. The van der Waals surface area contributed by atoms with Gasteiger partial charge in [0.15, 0.2) is 0 Å². The van der Waals surface area contributed by atoms with E-state index in [2.05, 4.69) is 24.9 Å². The second-order valence-electron chi connectivity index (χ2n) is 5.27. The summed E-state index contributed by atoms with van der Waals surface area (Å²) in [5.41, 5.74) is 10.1. The number of para-hydroxylation sites is 1. The second kappa shape index (κ2) is 5.54. The van der Waals surface area contributed by atoms with Crippen LogP contribution in [0.1, 0.15) is 16.7 Å². The minimum Gasteiger partial charge on any atom is -0.439 e. The molecular weight excluding hydrogens is 260 g/mol. The van der Waals surface area contributed by atoms with Crippen molar-refractivity contribution in [3.05, 3.63) is 65.2 Å². The number of aromatic nitrogens is 1. The van der Waals surface area contributed by atoms with Gasteiger partial charge in [-0.15, -0.1) is 0 Å². The Labute approximate surface area is 124 Å². The Bertz CT molecular complexity index is 776. The third-order valence-electron chi connectivity index (χ3n) is 3.42. The van der Waals surface area contributed by atoms with Gasteiger partial charge in [0, 0.05) is 18.0 Å². The van der Waals surface area contributed by atoms with Crippen LogP contribution in [0.3, 0.4) is 0 Å². The summed E-state index contributed by atoms with van der Waals surface area (Å²) < 4.78 is 5.92. The zero-order valence-electron chi connectivity index (χ0n) is 12.3. The largest absolute Gasteiger partial charge is 0.439 e. The fourth-order valence-corrected chi connectivity index (χ4v) is 2.55. The van der Waals surface area contributed by atoms with Crippen LogP contribution in [-0.2, 0) is 6.54 Å². The van der Waals surface area contributed by atoms with E-state index in [1.54, 1.807) is 0 Å². The number of aryl methyl sites for hydroxylation is 2. The van der Waals surface area contributed by atoms with E-state index in [0.717, 1.165) is 22.2 Å². The SMILES string of the molecule is Cc1cc(C)cc(Oc2cc(CN)c3ccccc3n2)c1. The average Bonchev–Trinajstić information content (AvgIpc) is 2.45. The van der Waals surface area contributed by atoms with E-state index in [0.29, 0.717) is 12.4 Å². The molecule has 2 N–H and O–H groups in total. The summed E-state index contributed by atoms with van der Waals surface area (Å²) in [6.45, 7) is 4.57. The Hall–Kier alpha value is -2.39. The number of ether oxygens (including phenoxy) is 1. The van der Waals surface area contributed by atoms with Crippen molar-refractivity contribution >= 4 is 10.9 Å². The van der Waals surface area contributed by atoms with E-state index in [1.807, 2.05) is 42.5 Å². The van der Waals surface area contributed by atoms with Crippen LogP contribution >= 0.6 is 0 Å². The van der Waals surface area contributed by atoms with Crippen LogP contribution in [-0.4, -0.2) is 4.98 Å². The summed E-state index contributed by atoms with van der Waals surface area (Å²) >= 11 is 0. The van der Waals surface area contributed by atoms with Crippen LogP contribution in [0, 0.1) is 13.8 Å². The molecule has 21 heavy (non-hydrogen) atoms. The highest BCUT2D eigenvalue weighted by atomic mass is 16.5. The van der Waals surface area contributed by atoms with Crippen LogP contribution in [0.25, 0.3) is 10.9 Å². The van der Waals surface area contributed by atoms with E-state index in [4.69, 9.17) is 10.5 Å². The Morgan fingerprint density at radius 2 is 1.71 bits per heavy atom. The van der Waals surface area contributed by atoms with Crippen LogP contribution in [0.2, 0.25) is 0 Å². The molecule has 1 heterocycles. The van der Waals surface area contributed by atoms with Gasteiger partial charge in [-0.25, -0.2) is 4.98 Å². The van der Waals surface area contributed by atoms with Gasteiger partial charge < -0.3 is 10.5 Å². The fraction of sp³-hybridized carbons (Fsp3) is 0.167. The molecule has 0 fully saturated rings. The summed E-state index contributed by atoms with van der Waals surface area (Å²) in [5.74, 6) is 1.39. The van der Waals surface area contributed by atoms with Crippen molar-refractivity contribution in [3.8, 4) is 11.6 Å². The Kier molecular flexibility index (Phi) is 3.59. The Morgan fingerprint density at radius 3 is 2.43 bits per heavy atom. The summed E-state index contributed by atoms with van der Waals surface area (Å²) in [5, 5.41) is 1.08. The molecule has 0 spiro atoms. The number of benzene rings is 2. The van der Waals surface area contributed by atoms with Gasteiger partial charge in [0.2, 0.25) is 5.88 Å². The number of hydrogen-bond acceptors (Lipinski definition) is 3. The maximum atomic E-state index is 5.92. The highest BCUT2D eigenvalue weighted by molar-refractivity contribution is 5.82. The van der Waals surface area contributed by atoms with Crippen LogP contribution in [0.15, 0.2) is 48.5 Å². The minimum absolute atomic E-state index is 0.465.